The third kappa shape index (κ3) is 4.81. The maximum absolute atomic E-state index is 13.5. The molecule has 2 fully saturated rings. The van der Waals surface area contributed by atoms with Crippen LogP contribution in [0.5, 0.6) is 0 Å². The predicted octanol–water partition coefficient (Wildman–Crippen LogP) is 2.18. The second kappa shape index (κ2) is 9.87. The number of pyridine rings is 1. The third-order valence-corrected chi connectivity index (χ3v) is 8.75. The van der Waals surface area contributed by atoms with Crippen LogP contribution >= 0.6 is 0 Å². The molecule has 190 valence electrons. The van der Waals surface area contributed by atoms with Gasteiger partial charge in [0.05, 0.1) is 35.6 Å². The first-order valence-electron chi connectivity index (χ1n) is 12.5. The summed E-state index contributed by atoms with van der Waals surface area (Å²) in [5.74, 6) is 0.171. The first-order valence-corrected chi connectivity index (χ1v) is 14.1. The highest BCUT2D eigenvalue weighted by Gasteiger charge is 2.39. The van der Waals surface area contributed by atoms with Crippen LogP contribution in [0.1, 0.15) is 54.2 Å². The molecule has 0 atom stereocenters. The standard InChI is InChI=1S/C24H34N6O4S/c1-28(2)9-8-25-21-14-18-20(15-26-21)35(32,33)16-19-22(24(31)29-10-12-34-13-11-29)27-30(23(18)19)17-6-4-3-5-7-17/h14-15,17H,3-13,16H2,1-2H3,(H,25,26). The van der Waals surface area contributed by atoms with Gasteiger partial charge in [0.2, 0.25) is 0 Å². The Bertz CT molecular complexity index is 1200. The Morgan fingerprint density at radius 2 is 1.94 bits per heavy atom. The molecule has 1 saturated carbocycles. The van der Waals surface area contributed by atoms with Crippen molar-refractivity contribution >= 4 is 21.6 Å². The van der Waals surface area contributed by atoms with E-state index in [0.717, 1.165) is 37.9 Å². The minimum Gasteiger partial charge on any atom is -0.378 e. The Kier molecular flexibility index (Phi) is 6.82. The van der Waals surface area contributed by atoms with Crippen molar-refractivity contribution in [1.82, 2.24) is 24.6 Å². The Balaban J connectivity index is 1.62. The lowest BCUT2D eigenvalue weighted by Crippen LogP contribution is -2.41. The first kappa shape index (κ1) is 24.2. The molecule has 2 aromatic rings. The second-order valence-corrected chi connectivity index (χ2v) is 11.8. The number of carbonyl (C=O) groups excluding carboxylic acids is 1. The summed E-state index contributed by atoms with van der Waals surface area (Å²) in [6, 6.07) is 1.96. The number of morpholine rings is 1. The van der Waals surface area contributed by atoms with Gasteiger partial charge >= 0.3 is 0 Å². The summed E-state index contributed by atoms with van der Waals surface area (Å²) in [7, 11) is 0.336. The number of carbonyl (C=O) groups is 1. The molecule has 3 aliphatic rings. The van der Waals surface area contributed by atoms with E-state index in [9.17, 15) is 13.2 Å². The average molecular weight is 503 g/mol. The molecule has 1 amide bonds. The molecule has 11 heteroatoms. The number of fused-ring (bicyclic) bond motifs is 3. The van der Waals surface area contributed by atoms with Crippen molar-refractivity contribution in [3.05, 3.63) is 23.5 Å². The van der Waals surface area contributed by atoms with Crippen LogP contribution in [0.2, 0.25) is 0 Å². The summed E-state index contributed by atoms with van der Waals surface area (Å²) < 4.78 is 34.0. The molecule has 4 heterocycles. The highest BCUT2D eigenvalue weighted by atomic mass is 32.2. The van der Waals surface area contributed by atoms with E-state index in [1.165, 1.54) is 12.6 Å². The van der Waals surface area contributed by atoms with Crippen molar-refractivity contribution in [3.8, 4) is 11.3 Å². The minimum absolute atomic E-state index is 0.149. The molecule has 2 aliphatic heterocycles. The van der Waals surface area contributed by atoms with Crippen LogP contribution < -0.4 is 5.32 Å². The Morgan fingerprint density at radius 3 is 2.66 bits per heavy atom. The van der Waals surface area contributed by atoms with Gasteiger partial charge in [0.15, 0.2) is 15.5 Å². The van der Waals surface area contributed by atoms with E-state index < -0.39 is 9.84 Å². The maximum Gasteiger partial charge on any atom is 0.274 e. The number of hydrogen-bond acceptors (Lipinski definition) is 8. The molecule has 0 unspecified atom stereocenters. The number of likely N-dealkylation sites (N-methyl/N-ethyl adjacent to an activating group) is 1. The zero-order chi connectivity index (χ0) is 24.6. The van der Waals surface area contributed by atoms with Crippen molar-refractivity contribution in [2.75, 3.05) is 58.8 Å². The fraction of sp³-hybridized carbons (Fsp3) is 0.625. The molecule has 10 nitrogen and oxygen atoms in total. The number of nitrogens with zero attached hydrogens (tertiary/aromatic N) is 5. The van der Waals surface area contributed by atoms with Crippen LogP contribution in [0.25, 0.3) is 11.3 Å². The summed E-state index contributed by atoms with van der Waals surface area (Å²) in [6.45, 7) is 3.42. The zero-order valence-electron chi connectivity index (χ0n) is 20.5. The fourth-order valence-electron chi connectivity index (χ4n) is 5.22. The molecule has 5 rings (SSSR count). The number of amides is 1. The van der Waals surface area contributed by atoms with Crippen molar-refractivity contribution in [3.63, 3.8) is 0 Å². The molecular weight excluding hydrogens is 468 g/mol. The molecule has 35 heavy (non-hydrogen) atoms. The molecule has 1 N–H and O–H groups in total. The van der Waals surface area contributed by atoms with E-state index >= 15 is 0 Å². The summed E-state index contributed by atoms with van der Waals surface area (Å²) in [5.41, 5.74) is 2.13. The molecule has 0 spiro atoms. The van der Waals surface area contributed by atoms with Gasteiger partial charge < -0.3 is 19.9 Å². The van der Waals surface area contributed by atoms with Gasteiger partial charge in [-0.15, -0.1) is 0 Å². The van der Waals surface area contributed by atoms with Crippen LogP contribution in [0.15, 0.2) is 17.2 Å². The van der Waals surface area contributed by atoms with E-state index in [1.54, 1.807) is 4.90 Å². The lowest BCUT2D eigenvalue weighted by Gasteiger charge is -2.27. The third-order valence-electron chi connectivity index (χ3n) is 7.09. The second-order valence-electron chi connectivity index (χ2n) is 9.87. The number of anilines is 1. The maximum atomic E-state index is 13.5. The van der Waals surface area contributed by atoms with E-state index in [4.69, 9.17) is 9.84 Å². The highest BCUT2D eigenvalue weighted by molar-refractivity contribution is 7.90. The van der Waals surface area contributed by atoms with Crippen LogP contribution in [-0.4, -0.2) is 92.4 Å². The van der Waals surface area contributed by atoms with Crippen LogP contribution in [0.4, 0.5) is 5.82 Å². The summed E-state index contributed by atoms with van der Waals surface area (Å²) in [6.07, 6.45) is 6.79. The largest absolute Gasteiger partial charge is 0.378 e. The minimum atomic E-state index is -3.66. The average Bonchev–Trinajstić information content (AvgIpc) is 3.23. The van der Waals surface area contributed by atoms with Gasteiger partial charge in [-0.25, -0.2) is 13.4 Å². The number of ether oxygens (including phenoxy) is 1. The highest BCUT2D eigenvalue weighted by Crippen LogP contribution is 2.43. The van der Waals surface area contributed by atoms with Gasteiger partial charge in [0.1, 0.15) is 5.82 Å². The van der Waals surface area contributed by atoms with Gasteiger partial charge in [0.25, 0.3) is 5.91 Å². The van der Waals surface area contributed by atoms with Crippen LogP contribution in [0.3, 0.4) is 0 Å². The predicted molar refractivity (Wildman–Crippen MR) is 132 cm³/mol. The summed E-state index contributed by atoms with van der Waals surface area (Å²) in [5, 5.41) is 8.14. The van der Waals surface area contributed by atoms with Crippen molar-refractivity contribution < 1.29 is 17.9 Å². The van der Waals surface area contributed by atoms with Crippen LogP contribution in [-0.2, 0) is 20.3 Å². The van der Waals surface area contributed by atoms with E-state index in [-0.39, 0.29) is 28.3 Å². The smallest absolute Gasteiger partial charge is 0.274 e. The molecule has 0 bridgehead atoms. The first-order chi connectivity index (χ1) is 16.8. The van der Waals surface area contributed by atoms with Crippen molar-refractivity contribution in [2.45, 2.75) is 48.8 Å². The Labute approximate surface area is 206 Å². The van der Waals surface area contributed by atoms with Gasteiger partial charge in [-0.3, -0.25) is 9.48 Å². The van der Waals surface area contributed by atoms with Gasteiger partial charge in [-0.2, -0.15) is 5.10 Å². The lowest BCUT2D eigenvalue weighted by atomic mass is 9.95. The molecule has 1 saturated heterocycles. The molecular formula is C24H34N6O4S. The Morgan fingerprint density at radius 1 is 1.20 bits per heavy atom. The lowest BCUT2D eigenvalue weighted by molar-refractivity contribution is 0.0297. The number of hydrogen-bond donors (Lipinski definition) is 1. The number of nitrogens with one attached hydrogen (secondary N) is 1. The number of aromatic nitrogens is 3. The van der Waals surface area contributed by atoms with Gasteiger partial charge in [-0.1, -0.05) is 19.3 Å². The van der Waals surface area contributed by atoms with Crippen molar-refractivity contribution in [2.24, 2.45) is 0 Å². The quantitative estimate of drug-likeness (QED) is 0.640. The zero-order valence-corrected chi connectivity index (χ0v) is 21.3. The van der Waals surface area contributed by atoms with Gasteiger partial charge in [0, 0.05) is 43.5 Å². The van der Waals surface area contributed by atoms with Crippen molar-refractivity contribution in [1.29, 1.82) is 0 Å². The van der Waals surface area contributed by atoms with Gasteiger partial charge in [-0.05, 0) is 33.0 Å². The van der Waals surface area contributed by atoms with E-state index in [1.807, 2.05) is 24.8 Å². The summed E-state index contributed by atoms with van der Waals surface area (Å²) >= 11 is 0. The van der Waals surface area contributed by atoms with Crippen LogP contribution in [0, 0.1) is 0 Å². The van der Waals surface area contributed by atoms with E-state index in [2.05, 4.69) is 15.2 Å². The number of rotatable bonds is 6. The normalized spacial score (nSPS) is 19.9. The molecule has 2 aromatic heterocycles. The number of sulfone groups is 1. The topological polar surface area (TPSA) is 110 Å². The molecule has 0 aromatic carbocycles. The van der Waals surface area contributed by atoms with E-state index in [0.29, 0.717) is 49.8 Å². The fourth-order valence-corrected chi connectivity index (χ4v) is 6.73. The SMILES string of the molecule is CN(C)CCNc1cc2c(cn1)S(=O)(=O)Cc1c(C(=O)N3CCOCC3)nn(C3CCCCC3)c1-2. The Hall–Kier alpha value is -2.50. The monoisotopic (exact) mass is 502 g/mol. The molecule has 1 aliphatic carbocycles. The summed E-state index contributed by atoms with van der Waals surface area (Å²) in [4.78, 5) is 21.9. The molecule has 0 radical (unpaired) electrons.